The van der Waals surface area contributed by atoms with Crippen LogP contribution in [-0.2, 0) is 6.54 Å². The summed E-state index contributed by atoms with van der Waals surface area (Å²) in [5, 5.41) is 15.3. The number of benzene rings is 1. The van der Waals surface area contributed by atoms with Crippen molar-refractivity contribution < 1.29 is 0 Å². The quantitative estimate of drug-likeness (QED) is 0.579. The summed E-state index contributed by atoms with van der Waals surface area (Å²) >= 11 is 0. The fourth-order valence-corrected chi connectivity index (χ4v) is 4.28. The van der Waals surface area contributed by atoms with Gasteiger partial charge in [-0.15, -0.1) is 10.2 Å². The monoisotopic (exact) mass is 368 g/mol. The van der Waals surface area contributed by atoms with Gasteiger partial charge in [0.25, 0.3) is 0 Å². The molecule has 0 radical (unpaired) electrons. The van der Waals surface area contributed by atoms with Gasteiger partial charge in [-0.25, -0.2) is 0 Å². The molecule has 2 N–H and O–H groups in total. The standard InChI is InChI=1S/C21H32N6/c1-17(2)13-21(11-7-8-12-21)15-24-20(22-3)23-14-19-26-25-16-27(19)18-9-5-4-6-10-18/h4-6,9-10,16-17H,7-8,11-15H2,1-3H3,(H2,22,23,24). The van der Waals surface area contributed by atoms with E-state index < -0.39 is 0 Å². The maximum atomic E-state index is 4.40. The first-order chi connectivity index (χ1) is 13.1. The van der Waals surface area contributed by atoms with Gasteiger partial charge in [-0.2, -0.15) is 0 Å². The van der Waals surface area contributed by atoms with Gasteiger partial charge in [-0.3, -0.25) is 9.56 Å². The summed E-state index contributed by atoms with van der Waals surface area (Å²) in [7, 11) is 1.82. The summed E-state index contributed by atoms with van der Waals surface area (Å²) in [4.78, 5) is 4.40. The molecule has 3 rings (SSSR count). The van der Waals surface area contributed by atoms with Crippen molar-refractivity contribution in [2.45, 2.75) is 52.5 Å². The van der Waals surface area contributed by atoms with Crippen molar-refractivity contribution in [3.63, 3.8) is 0 Å². The summed E-state index contributed by atoms with van der Waals surface area (Å²) in [5.74, 6) is 2.42. The molecule has 0 saturated heterocycles. The van der Waals surface area contributed by atoms with Crippen LogP contribution >= 0.6 is 0 Å². The smallest absolute Gasteiger partial charge is 0.191 e. The number of hydrogen-bond acceptors (Lipinski definition) is 3. The first-order valence-electron chi connectivity index (χ1n) is 10.0. The number of aliphatic imine (C=N–C) groups is 1. The molecule has 27 heavy (non-hydrogen) atoms. The van der Waals surface area contributed by atoms with Gasteiger partial charge in [-0.05, 0) is 42.7 Å². The fraction of sp³-hybridized carbons (Fsp3) is 0.571. The van der Waals surface area contributed by atoms with Crippen molar-refractivity contribution in [2.24, 2.45) is 16.3 Å². The SMILES string of the molecule is CN=C(NCc1nncn1-c1ccccc1)NCC1(CC(C)C)CCCC1. The minimum Gasteiger partial charge on any atom is -0.356 e. The highest BCUT2D eigenvalue weighted by molar-refractivity contribution is 5.79. The second-order valence-corrected chi connectivity index (χ2v) is 8.04. The Hall–Kier alpha value is -2.37. The lowest BCUT2D eigenvalue weighted by Crippen LogP contribution is -2.43. The van der Waals surface area contributed by atoms with Crippen molar-refractivity contribution in [1.82, 2.24) is 25.4 Å². The van der Waals surface area contributed by atoms with E-state index in [1.165, 1.54) is 32.1 Å². The molecule has 0 atom stereocenters. The molecule has 6 heteroatoms. The summed E-state index contributed by atoms with van der Waals surface area (Å²) < 4.78 is 2.00. The van der Waals surface area contributed by atoms with Gasteiger partial charge >= 0.3 is 0 Å². The molecule has 146 valence electrons. The van der Waals surface area contributed by atoms with E-state index in [0.717, 1.165) is 29.9 Å². The number of rotatable bonds is 7. The maximum Gasteiger partial charge on any atom is 0.191 e. The molecule has 1 aliphatic rings. The second-order valence-electron chi connectivity index (χ2n) is 8.04. The first kappa shape index (κ1) is 19.4. The van der Waals surface area contributed by atoms with Crippen LogP contribution in [-0.4, -0.2) is 34.3 Å². The van der Waals surface area contributed by atoms with E-state index in [1.807, 2.05) is 29.8 Å². The Bertz CT molecular complexity index is 728. The van der Waals surface area contributed by atoms with E-state index in [4.69, 9.17) is 0 Å². The molecule has 1 aliphatic carbocycles. The van der Waals surface area contributed by atoms with Crippen LogP contribution in [0.5, 0.6) is 0 Å². The summed E-state index contributed by atoms with van der Waals surface area (Å²) in [6.07, 6.45) is 8.36. The Morgan fingerprint density at radius 2 is 1.93 bits per heavy atom. The number of para-hydroxylation sites is 1. The third-order valence-corrected chi connectivity index (χ3v) is 5.43. The number of nitrogens with zero attached hydrogens (tertiary/aromatic N) is 4. The molecular weight excluding hydrogens is 336 g/mol. The third-order valence-electron chi connectivity index (χ3n) is 5.43. The Morgan fingerprint density at radius 1 is 1.19 bits per heavy atom. The number of hydrogen-bond donors (Lipinski definition) is 2. The molecule has 1 aromatic carbocycles. The number of guanidine groups is 1. The van der Waals surface area contributed by atoms with Gasteiger partial charge < -0.3 is 10.6 Å². The van der Waals surface area contributed by atoms with E-state index in [0.29, 0.717) is 12.0 Å². The minimum atomic E-state index is 0.413. The lowest BCUT2D eigenvalue weighted by Gasteiger charge is -2.31. The Morgan fingerprint density at radius 3 is 2.59 bits per heavy atom. The van der Waals surface area contributed by atoms with Crippen LogP contribution in [0.3, 0.4) is 0 Å². The van der Waals surface area contributed by atoms with Gasteiger partial charge in [0.1, 0.15) is 6.33 Å². The average Bonchev–Trinajstić information content (AvgIpc) is 3.32. The Labute approximate surface area is 162 Å². The average molecular weight is 369 g/mol. The largest absolute Gasteiger partial charge is 0.356 e. The van der Waals surface area contributed by atoms with Crippen molar-refractivity contribution in [3.8, 4) is 5.69 Å². The summed E-state index contributed by atoms with van der Waals surface area (Å²) in [5.41, 5.74) is 1.47. The van der Waals surface area contributed by atoms with Crippen molar-refractivity contribution >= 4 is 5.96 Å². The summed E-state index contributed by atoms with van der Waals surface area (Å²) in [6, 6.07) is 10.1. The molecular formula is C21H32N6. The van der Waals surface area contributed by atoms with Crippen molar-refractivity contribution in [3.05, 3.63) is 42.5 Å². The summed E-state index contributed by atoms with van der Waals surface area (Å²) in [6.45, 7) is 6.20. The van der Waals surface area contributed by atoms with Gasteiger partial charge in [0.05, 0.1) is 6.54 Å². The highest BCUT2D eigenvalue weighted by atomic mass is 15.3. The van der Waals surface area contributed by atoms with Crippen molar-refractivity contribution in [2.75, 3.05) is 13.6 Å². The minimum absolute atomic E-state index is 0.413. The number of nitrogens with one attached hydrogen (secondary N) is 2. The first-order valence-corrected chi connectivity index (χ1v) is 10.0. The van der Waals surface area contributed by atoms with Gasteiger partial charge in [0.2, 0.25) is 0 Å². The van der Waals surface area contributed by atoms with E-state index in [-0.39, 0.29) is 0 Å². The van der Waals surface area contributed by atoms with Gasteiger partial charge in [0.15, 0.2) is 11.8 Å². The normalized spacial score (nSPS) is 16.7. The fourth-order valence-electron chi connectivity index (χ4n) is 4.28. The zero-order valence-corrected chi connectivity index (χ0v) is 16.8. The second kappa shape index (κ2) is 9.02. The van der Waals surface area contributed by atoms with Crippen LogP contribution in [0.25, 0.3) is 5.69 Å². The lowest BCUT2D eigenvalue weighted by molar-refractivity contribution is 0.234. The van der Waals surface area contributed by atoms with Crippen LogP contribution in [0.15, 0.2) is 41.7 Å². The Balaban J connectivity index is 1.58. The predicted molar refractivity (Wildman–Crippen MR) is 110 cm³/mol. The number of aromatic nitrogens is 3. The maximum absolute atomic E-state index is 4.40. The highest BCUT2D eigenvalue weighted by Crippen LogP contribution is 2.42. The molecule has 0 spiro atoms. The molecule has 1 fully saturated rings. The van der Waals surface area contributed by atoms with E-state index in [9.17, 15) is 0 Å². The van der Waals surface area contributed by atoms with E-state index in [2.05, 4.69) is 51.8 Å². The van der Waals surface area contributed by atoms with Crippen LogP contribution < -0.4 is 10.6 Å². The third kappa shape index (κ3) is 5.08. The predicted octanol–water partition coefficient (Wildman–Crippen LogP) is 3.54. The van der Waals surface area contributed by atoms with Crippen LogP contribution in [0, 0.1) is 11.3 Å². The zero-order chi connectivity index (χ0) is 19.1. The molecule has 1 saturated carbocycles. The van der Waals surface area contributed by atoms with Crippen LogP contribution in [0.4, 0.5) is 0 Å². The molecule has 1 heterocycles. The van der Waals surface area contributed by atoms with E-state index in [1.54, 1.807) is 6.33 Å². The van der Waals surface area contributed by atoms with Gasteiger partial charge in [-0.1, -0.05) is 44.9 Å². The van der Waals surface area contributed by atoms with Gasteiger partial charge in [0, 0.05) is 19.3 Å². The molecule has 2 aromatic rings. The highest BCUT2D eigenvalue weighted by Gasteiger charge is 2.34. The molecule has 0 unspecified atom stereocenters. The van der Waals surface area contributed by atoms with Crippen LogP contribution in [0.1, 0.15) is 51.8 Å². The van der Waals surface area contributed by atoms with Crippen LogP contribution in [0.2, 0.25) is 0 Å². The zero-order valence-electron chi connectivity index (χ0n) is 16.8. The molecule has 0 amide bonds. The Kier molecular flexibility index (Phi) is 6.48. The molecule has 0 aliphatic heterocycles. The topological polar surface area (TPSA) is 67.1 Å². The van der Waals surface area contributed by atoms with Crippen molar-refractivity contribution in [1.29, 1.82) is 0 Å². The molecule has 1 aromatic heterocycles. The van der Waals surface area contributed by atoms with E-state index >= 15 is 0 Å². The lowest BCUT2D eigenvalue weighted by atomic mass is 9.78. The molecule has 0 bridgehead atoms. The molecule has 6 nitrogen and oxygen atoms in total.